The zero-order valence-electron chi connectivity index (χ0n) is 18.7. The molecule has 0 atom stereocenters. The predicted molar refractivity (Wildman–Crippen MR) is 132 cm³/mol. The number of carbonyl (C=O) groups is 2. The summed E-state index contributed by atoms with van der Waals surface area (Å²) in [6.45, 7) is 2.23. The zero-order valence-corrected chi connectivity index (χ0v) is 19.5. The molecule has 170 valence electrons. The molecule has 1 aromatic heterocycles. The first-order valence-corrected chi connectivity index (χ1v) is 12.4. The molecule has 0 saturated heterocycles. The van der Waals surface area contributed by atoms with E-state index in [1.54, 1.807) is 6.07 Å². The quantitative estimate of drug-likeness (QED) is 0.210. The van der Waals surface area contributed by atoms with Crippen molar-refractivity contribution in [3.05, 3.63) is 53.6 Å². The average molecular weight is 453 g/mol. The van der Waals surface area contributed by atoms with Crippen LogP contribution in [0.15, 0.2) is 42.5 Å². The molecule has 5 nitrogen and oxygen atoms in total. The van der Waals surface area contributed by atoms with E-state index in [-0.39, 0.29) is 17.1 Å². The van der Waals surface area contributed by atoms with Crippen LogP contribution in [0, 0.1) is 0 Å². The van der Waals surface area contributed by atoms with Gasteiger partial charge in [-0.25, -0.2) is 4.98 Å². The highest BCUT2D eigenvalue weighted by Gasteiger charge is 2.16. The first kappa shape index (κ1) is 23.9. The molecule has 0 saturated carbocycles. The van der Waals surface area contributed by atoms with E-state index in [0.29, 0.717) is 17.1 Å². The summed E-state index contributed by atoms with van der Waals surface area (Å²) in [5.74, 6) is -0.621. The number of nitrogens with one attached hydrogen (secondary N) is 1. The number of hydrogen-bond acceptors (Lipinski definition) is 5. The van der Waals surface area contributed by atoms with Crippen LogP contribution in [0.3, 0.4) is 0 Å². The van der Waals surface area contributed by atoms with Gasteiger partial charge in [0.05, 0.1) is 15.8 Å². The fraction of sp³-hybridized carbons (Fsp3) is 0.423. The van der Waals surface area contributed by atoms with Crippen LogP contribution in [-0.4, -0.2) is 21.8 Å². The maximum atomic E-state index is 12.7. The van der Waals surface area contributed by atoms with E-state index in [9.17, 15) is 14.7 Å². The summed E-state index contributed by atoms with van der Waals surface area (Å²) in [6, 6.07) is 12.1. The van der Waals surface area contributed by atoms with Crippen molar-refractivity contribution in [3.63, 3.8) is 0 Å². The number of fused-ring (bicyclic) bond motifs is 1. The number of para-hydroxylation sites is 1. The Labute approximate surface area is 193 Å². The normalized spacial score (nSPS) is 11.0. The van der Waals surface area contributed by atoms with E-state index in [1.807, 2.05) is 24.3 Å². The number of nitrogens with zero attached hydrogens (tertiary/aromatic N) is 1. The summed E-state index contributed by atoms with van der Waals surface area (Å²) in [7, 11) is 0. The van der Waals surface area contributed by atoms with Gasteiger partial charge < -0.3 is 5.11 Å². The molecule has 2 aromatic carbocycles. The number of benzene rings is 2. The highest BCUT2D eigenvalue weighted by atomic mass is 32.1. The molecular formula is C26H32N2O3S. The molecule has 0 unspecified atom stereocenters. The number of rotatable bonds is 13. The van der Waals surface area contributed by atoms with Crippen LogP contribution in [0.4, 0.5) is 5.13 Å². The Bertz CT molecular complexity index is 1010. The number of thiazole rings is 1. The van der Waals surface area contributed by atoms with Gasteiger partial charge in [0.2, 0.25) is 0 Å². The lowest BCUT2D eigenvalue weighted by atomic mass is 10.0. The van der Waals surface area contributed by atoms with E-state index in [1.165, 1.54) is 62.0 Å². The van der Waals surface area contributed by atoms with Crippen LogP contribution < -0.4 is 5.32 Å². The number of carbonyl (C=O) groups excluding carboxylic acids is 2. The van der Waals surface area contributed by atoms with Gasteiger partial charge in [0.1, 0.15) is 5.75 Å². The van der Waals surface area contributed by atoms with Gasteiger partial charge in [-0.2, -0.15) is 0 Å². The fourth-order valence-electron chi connectivity index (χ4n) is 3.72. The molecule has 2 N–H and O–H groups in total. The van der Waals surface area contributed by atoms with E-state index in [4.69, 9.17) is 0 Å². The largest absolute Gasteiger partial charge is 0.507 e. The number of amides is 1. The monoisotopic (exact) mass is 452 g/mol. The summed E-state index contributed by atoms with van der Waals surface area (Å²) in [6.07, 6.45) is 11.2. The Morgan fingerprint density at radius 3 is 2.34 bits per heavy atom. The Morgan fingerprint density at radius 2 is 1.62 bits per heavy atom. The number of Topliss-reactive ketones (excluding diaryl/α,β-unsaturated/α-hetero) is 1. The third-order valence-electron chi connectivity index (χ3n) is 5.58. The lowest BCUT2D eigenvalue weighted by Gasteiger charge is -2.07. The number of phenolic OH excluding ortho intramolecular Hbond substituents is 1. The van der Waals surface area contributed by atoms with Gasteiger partial charge in [-0.15, -0.1) is 0 Å². The Morgan fingerprint density at radius 1 is 0.938 bits per heavy atom. The van der Waals surface area contributed by atoms with Crippen molar-refractivity contribution < 1.29 is 14.7 Å². The van der Waals surface area contributed by atoms with E-state index in [0.717, 1.165) is 29.5 Å². The van der Waals surface area contributed by atoms with E-state index in [2.05, 4.69) is 17.2 Å². The molecule has 1 amide bonds. The Kier molecular flexibility index (Phi) is 9.23. The second-order valence-electron chi connectivity index (χ2n) is 8.17. The highest BCUT2D eigenvalue weighted by molar-refractivity contribution is 7.22. The number of hydrogen-bond donors (Lipinski definition) is 2. The molecular weight excluding hydrogens is 420 g/mol. The van der Waals surface area contributed by atoms with Gasteiger partial charge in [-0.1, -0.05) is 81.8 Å². The van der Waals surface area contributed by atoms with Crippen molar-refractivity contribution in [3.8, 4) is 5.75 Å². The van der Waals surface area contributed by atoms with Crippen LogP contribution in [-0.2, 0) is 0 Å². The first-order chi connectivity index (χ1) is 15.6. The number of aromatic nitrogens is 1. The van der Waals surface area contributed by atoms with Crippen molar-refractivity contribution in [1.82, 2.24) is 4.98 Å². The minimum absolute atomic E-state index is 0.00184. The van der Waals surface area contributed by atoms with Crippen LogP contribution in [0.5, 0.6) is 5.75 Å². The molecule has 32 heavy (non-hydrogen) atoms. The minimum Gasteiger partial charge on any atom is -0.507 e. The smallest absolute Gasteiger partial charge is 0.261 e. The first-order valence-electron chi connectivity index (χ1n) is 11.6. The lowest BCUT2D eigenvalue weighted by Crippen LogP contribution is -2.13. The second-order valence-corrected chi connectivity index (χ2v) is 9.21. The summed E-state index contributed by atoms with van der Waals surface area (Å²) in [5, 5.41) is 13.4. The molecule has 0 spiro atoms. The highest BCUT2D eigenvalue weighted by Crippen LogP contribution is 2.27. The molecule has 0 bridgehead atoms. The predicted octanol–water partition coefficient (Wildman–Crippen LogP) is 7.36. The van der Waals surface area contributed by atoms with Crippen molar-refractivity contribution in [1.29, 1.82) is 0 Å². The minimum atomic E-state index is -0.473. The molecule has 0 radical (unpaired) electrons. The molecule has 6 heteroatoms. The molecule has 0 fully saturated rings. The molecule has 3 rings (SSSR count). The van der Waals surface area contributed by atoms with Crippen molar-refractivity contribution in [2.45, 2.75) is 71.1 Å². The van der Waals surface area contributed by atoms with E-state index >= 15 is 0 Å². The third-order valence-corrected chi connectivity index (χ3v) is 6.54. The standard InChI is InChI=1S/C26H32N2O3S/c1-2-3-4-5-6-7-8-9-10-14-22(29)19-16-17-23(30)20(18-19)25(31)28-26-27-21-13-11-12-15-24(21)32-26/h11-13,15-18,30H,2-10,14H2,1H3,(H,27,28,31). The van der Waals surface area contributed by atoms with Gasteiger partial charge in [0.25, 0.3) is 5.91 Å². The summed E-state index contributed by atoms with van der Waals surface area (Å²) < 4.78 is 0.969. The number of ketones is 1. The molecule has 1 heterocycles. The lowest BCUT2D eigenvalue weighted by molar-refractivity contribution is 0.0979. The van der Waals surface area contributed by atoms with Crippen LogP contribution in [0.1, 0.15) is 91.8 Å². The summed E-state index contributed by atoms with van der Waals surface area (Å²) in [5.41, 5.74) is 1.35. The van der Waals surface area contributed by atoms with Crippen molar-refractivity contribution in [2.75, 3.05) is 5.32 Å². The number of phenols is 1. The summed E-state index contributed by atoms with van der Waals surface area (Å²) in [4.78, 5) is 29.7. The molecule has 3 aromatic rings. The third kappa shape index (κ3) is 6.89. The maximum absolute atomic E-state index is 12.7. The molecule has 0 aliphatic rings. The maximum Gasteiger partial charge on any atom is 0.261 e. The Balaban J connectivity index is 1.49. The van der Waals surface area contributed by atoms with Crippen LogP contribution in [0.25, 0.3) is 10.2 Å². The molecule has 0 aliphatic heterocycles. The van der Waals surface area contributed by atoms with E-state index < -0.39 is 5.91 Å². The zero-order chi connectivity index (χ0) is 22.8. The van der Waals surface area contributed by atoms with Gasteiger partial charge in [0, 0.05) is 12.0 Å². The number of aromatic hydroxyl groups is 1. The average Bonchev–Trinajstić information content (AvgIpc) is 3.20. The van der Waals surface area contributed by atoms with Gasteiger partial charge in [0.15, 0.2) is 10.9 Å². The summed E-state index contributed by atoms with van der Waals surface area (Å²) >= 11 is 1.37. The van der Waals surface area contributed by atoms with Gasteiger partial charge >= 0.3 is 0 Å². The van der Waals surface area contributed by atoms with Crippen LogP contribution in [0.2, 0.25) is 0 Å². The van der Waals surface area contributed by atoms with Gasteiger partial charge in [-0.05, 0) is 36.8 Å². The Hall–Kier alpha value is -2.73. The van der Waals surface area contributed by atoms with Crippen molar-refractivity contribution >= 4 is 38.4 Å². The fourth-order valence-corrected chi connectivity index (χ4v) is 4.58. The topological polar surface area (TPSA) is 79.3 Å². The second kappa shape index (κ2) is 12.3. The van der Waals surface area contributed by atoms with Crippen LogP contribution >= 0.6 is 11.3 Å². The SMILES string of the molecule is CCCCCCCCCCCC(=O)c1ccc(O)c(C(=O)Nc2nc3ccccc3s2)c1. The number of anilines is 1. The molecule has 0 aliphatic carbocycles. The number of unbranched alkanes of at least 4 members (excludes halogenated alkanes) is 8. The van der Waals surface area contributed by atoms with Crippen molar-refractivity contribution in [2.24, 2.45) is 0 Å². The van der Waals surface area contributed by atoms with Gasteiger partial charge in [-0.3, -0.25) is 14.9 Å².